The van der Waals surface area contributed by atoms with Crippen LogP contribution in [0, 0.1) is 11.8 Å². The molecule has 3 fully saturated rings. The van der Waals surface area contributed by atoms with E-state index in [9.17, 15) is 4.79 Å². The minimum atomic E-state index is -0.166. The second-order valence-corrected chi connectivity index (χ2v) is 8.39. The fraction of sp³-hybridized carbons (Fsp3) is 0.500. The number of hydrogen-bond acceptors (Lipinski definition) is 5. The number of benzene rings is 1. The van der Waals surface area contributed by atoms with E-state index in [1.165, 1.54) is 0 Å². The fourth-order valence-corrected chi connectivity index (χ4v) is 4.72. The predicted octanol–water partition coefficient (Wildman–Crippen LogP) is 4.65. The zero-order valence-electron chi connectivity index (χ0n) is 14.6. The molecule has 0 spiro atoms. The summed E-state index contributed by atoms with van der Waals surface area (Å²) in [6.07, 6.45) is 2.76. The molecular weight excluding hydrogens is 389 g/mol. The van der Waals surface area contributed by atoms with Crippen LogP contribution in [0.15, 0.2) is 22.7 Å². The second-order valence-electron chi connectivity index (χ2n) is 7.57. The van der Waals surface area contributed by atoms with Gasteiger partial charge in [-0.1, -0.05) is 34.4 Å². The Morgan fingerprint density at radius 2 is 1.93 bits per heavy atom. The summed E-state index contributed by atoms with van der Waals surface area (Å²) in [5.41, 5.74) is 2.19. The number of hydrogen-bond donors (Lipinski definition) is 0. The van der Waals surface area contributed by atoms with Crippen LogP contribution in [0.3, 0.4) is 0 Å². The molecule has 2 aliphatic carbocycles. The highest BCUT2D eigenvalue weighted by atomic mass is 35.5. The van der Waals surface area contributed by atoms with E-state index in [4.69, 9.17) is 37.2 Å². The van der Waals surface area contributed by atoms with Crippen molar-refractivity contribution in [2.45, 2.75) is 37.9 Å². The van der Waals surface area contributed by atoms with Gasteiger partial charge in [0.25, 0.3) is 0 Å². The lowest BCUT2D eigenvalue weighted by atomic mass is 10.0. The lowest BCUT2D eigenvalue weighted by Gasteiger charge is -2.20. The molecule has 3 atom stereocenters. The first-order valence-electron chi connectivity index (χ1n) is 9.29. The Balaban J connectivity index is 1.45. The molecule has 1 saturated heterocycles. The quantitative estimate of drug-likeness (QED) is 0.721. The average Bonchev–Trinajstić information content (AvgIpc) is 3.39. The zero-order chi connectivity index (χ0) is 18.5. The third kappa shape index (κ3) is 3.11. The highest BCUT2D eigenvalue weighted by molar-refractivity contribution is 6.39. The molecule has 1 aliphatic heterocycles. The van der Waals surface area contributed by atoms with Crippen LogP contribution in [0.5, 0.6) is 0 Å². The number of nitrogens with zero attached hydrogens (tertiary/aromatic N) is 1. The first kappa shape index (κ1) is 17.7. The van der Waals surface area contributed by atoms with E-state index in [1.54, 1.807) is 18.2 Å². The Morgan fingerprint density at radius 1 is 1.15 bits per heavy atom. The maximum Gasteiger partial charge on any atom is 0.146 e. The summed E-state index contributed by atoms with van der Waals surface area (Å²) in [5.74, 6) is 1.30. The van der Waals surface area contributed by atoms with Gasteiger partial charge in [-0.25, -0.2) is 0 Å². The molecule has 142 valence electrons. The molecule has 2 heterocycles. The zero-order valence-corrected chi connectivity index (χ0v) is 16.1. The van der Waals surface area contributed by atoms with Gasteiger partial charge in [-0.3, -0.25) is 4.79 Å². The Morgan fingerprint density at radius 3 is 2.63 bits per heavy atom. The molecule has 1 aromatic heterocycles. The number of fused-ring (bicyclic) bond motifs is 2. The molecule has 0 N–H and O–H groups in total. The van der Waals surface area contributed by atoms with E-state index >= 15 is 0 Å². The number of carbonyl (C=O) groups excluding carboxylic acids is 1. The smallest absolute Gasteiger partial charge is 0.146 e. The van der Waals surface area contributed by atoms with Crippen LogP contribution in [0.2, 0.25) is 10.0 Å². The molecule has 5 nitrogen and oxygen atoms in total. The van der Waals surface area contributed by atoms with Gasteiger partial charge < -0.3 is 14.0 Å². The molecule has 2 bridgehead atoms. The number of Topliss-reactive ketones (excluding diaryl/α,β-unsaturated/α-hetero) is 1. The SMILES string of the molecule is O=C1C2COCC1C(OCc1c(-c3c(Cl)cccc3Cl)noc1C1CC1)C2. The van der Waals surface area contributed by atoms with Gasteiger partial charge in [-0.15, -0.1) is 0 Å². The minimum Gasteiger partial charge on any atom is -0.380 e. The van der Waals surface area contributed by atoms with Gasteiger partial charge in [0.15, 0.2) is 0 Å². The molecule has 0 amide bonds. The first-order chi connectivity index (χ1) is 13.1. The van der Waals surface area contributed by atoms with Crippen LogP contribution in [0.25, 0.3) is 11.3 Å². The number of ketones is 1. The van der Waals surface area contributed by atoms with E-state index in [0.29, 0.717) is 47.0 Å². The van der Waals surface area contributed by atoms with E-state index in [-0.39, 0.29) is 23.7 Å². The van der Waals surface area contributed by atoms with Gasteiger partial charge in [0.2, 0.25) is 0 Å². The standard InChI is InChI=1S/C20H19Cl2NO4/c21-14-2-1-3-15(22)17(14)18-13(20(27-23-18)10-4-5-10)9-26-16-6-11-7-25-8-12(16)19(11)24/h1-3,10-12,16H,4-9H2. The van der Waals surface area contributed by atoms with Crippen molar-refractivity contribution in [1.82, 2.24) is 5.16 Å². The van der Waals surface area contributed by atoms with Crippen LogP contribution in [-0.2, 0) is 20.9 Å². The van der Waals surface area contributed by atoms with Crippen LogP contribution in [0.1, 0.15) is 36.5 Å². The monoisotopic (exact) mass is 407 g/mol. The van der Waals surface area contributed by atoms with Crippen molar-refractivity contribution in [3.05, 3.63) is 39.6 Å². The summed E-state index contributed by atoms with van der Waals surface area (Å²) in [4.78, 5) is 12.3. The summed E-state index contributed by atoms with van der Waals surface area (Å²) in [6, 6.07) is 5.38. The molecular formula is C20H19Cl2NO4. The number of rotatable bonds is 5. The summed E-state index contributed by atoms with van der Waals surface area (Å²) >= 11 is 12.8. The van der Waals surface area contributed by atoms with E-state index in [1.807, 2.05) is 0 Å². The number of halogens is 2. The molecule has 0 radical (unpaired) electrons. The van der Waals surface area contributed by atoms with Gasteiger partial charge in [0.05, 0.1) is 41.9 Å². The van der Waals surface area contributed by atoms with E-state index in [2.05, 4.69) is 5.16 Å². The Labute approximate surface area is 166 Å². The lowest BCUT2D eigenvalue weighted by molar-refractivity contribution is -0.134. The lowest BCUT2D eigenvalue weighted by Crippen LogP contribution is -2.32. The van der Waals surface area contributed by atoms with Crippen LogP contribution in [0.4, 0.5) is 0 Å². The van der Waals surface area contributed by atoms with Crippen molar-refractivity contribution < 1.29 is 18.8 Å². The van der Waals surface area contributed by atoms with Crippen LogP contribution < -0.4 is 0 Å². The summed E-state index contributed by atoms with van der Waals surface area (Å²) in [5, 5.41) is 5.34. The van der Waals surface area contributed by atoms with Crippen molar-refractivity contribution in [3.8, 4) is 11.3 Å². The van der Waals surface area contributed by atoms with Crippen LogP contribution in [-0.4, -0.2) is 30.3 Å². The molecule has 1 aromatic carbocycles. The van der Waals surface area contributed by atoms with Crippen molar-refractivity contribution in [1.29, 1.82) is 0 Å². The Hall–Kier alpha value is -1.40. The highest BCUT2D eigenvalue weighted by Crippen LogP contribution is 2.46. The molecule has 27 heavy (non-hydrogen) atoms. The highest BCUT2D eigenvalue weighted by Gasteiger charge is 2.46. The summed E-state index contributed by atoms with van der Waals surface area (Å²) < 4.78 is 17.4. The fourth-order valence-electron chi connectivity index (χ4n) is 4.15. The average molecular weight is 408 g/mol. The van der Waals surface area contributed by atoms with Crippen molar-refractivity contribution in [2.75, 3.05) is 13.2 Å². The Kier molecular flexibility index (Phi) is 4.51. The van der Waals surface area contributed by atoms with Crippen molar-refractivity contribution >= 4 is 29.0 Å². The molecule has 5 rings (SSSR count). The normalized spacial score (nSPS) is 27.3. The summed E-state index contributed by atoms with van der Waals surface area (Å²) in [6.45, 7) is 1.28. The molecule has 3 unspecified atom stereocenters. The third-order valence-electron chi connectivity index (χ3n) is 5.76. The van der Waals surface area contributed by atoms with Gasteiger partial charge in [0, 0.05) is 23.0 Å². The van der Waals surface area contributed by atoms with Gasteiger partial charge in [-0.05, 0) is 31.4 Å². The van der Waals surface area contributed by atoms with Gasteiger partial charge >= 0.3 is 0 Å². The summed E-state index contributed by atoms with van der Waals surface area (Å²) in [7, 11) is 0. The van der Waals surface area contributed by atoms with Gasteiger partial charge in [0.1, 0.15) is 17.2 Å². The van der Waals surface area contributed by atoms with Crippen LogP contribution >= 0.6 is 23.2 Å². The van der Waals surface area contributed by atoms with Crippen molar-refractivity contribution in [3.63, 3.8) is 0 Å². The van der Waals surface area contributed by atoms with Gasteiger partial charge in [-0.2, -0.15) is 0 Å². The first-order valence-corrected chi connectivity index (χ1v) is 10.0. The second kappa shape index (κ2) is 6.89. The number of carbonyl (C=O) groups is 1. The maximum atomic E-state index is 12.3. The molecule has 2 saturated carbocycles. The van der Waals surface area contributed by atoms with E-state index < -0.39 is 0 Å². The molecule has 3 aliphatic rings. The van der Waals surface area contributed by atoms with Crippen molar-refractivity contribution in [2.24, 2.45) is 11.8 Å². The predicted molar refractivity (Wildman–Crippen MR) is 99.9 cm³/mol. The van der Waals surface area contributed by atoms with E-state index in [0.717, 1.165) is 30.6 Å². The third-order valence-corrected chi connectivity index (χ3v) is 6.39. The molecule has 2 aromatic rings. The number of ether oxygens (including phenoxy) is 2. The minimum absolute atomic E-state index is 0.0309. The topological polar surface area (TPSA) is 61.6 Å². The largest absolute Gasteiger partial charge is 0.380 e. The molecule has 7 heteroatoms. The maximum absolute atomic E-state index is 12.3. The Bertz CT molecular complexity index is 872. The number of aromatic nitrogens is 1.